The van der Waals surface area contributed by atoms with Gasteiger partial charge in [0.25, 0.3) is 0 Å². The van der Waals surface area contributed by atoms with Crippen LogP contribution in [0.1, 0.15) is 50.3 Å². The predicted octanol–water partition coefficient (Wildman–Crippen LogP) is 3.75. The highest BCUT2D eigenvalue weighted by Gasteiger charge is 2.16. The second kappa shape index (κ2) is 6.37. The topological polar surface area (TPSA) is 63.8 Å². The van der Waals surface area contributed by atoms with Gasteiger partial charge < -0.3 is 11.1 Å². The number of nitrogens with one attached hydrogen (secondary N) is 1. The van der Waals surface area contributed by atoms with Crippen LogP contribution in [0.15, 0.2) is 36.7 Å². The number of nitrogens with two attached hydrogens (primary N) is 1. The summed E-state index contributed by atoms with van der Waals surface area (Å²) in [5.74, 6) is 1.68. The van der Waals surface area contributed by atoms with Gasteiger partial charge in [0.1, 0.15) is 18.0 Å². The van der Waals surface area contributed by atoms with Gasteiger partial charge in [0.05, 0.1) is 6.04 Å². The van der Waals surface area contributed by atoms with Crippen molar-refractivity contribution in [2.24, 2.45) is 0 Å². The van der Waals surface area contributed by atoms with Crippen molar-refractivity contribution in [2.75, 3.05) is 11.1 Å². The molecule has 0 amide bonds. The second-order valence-corrected chi connectivity index (χ2v) is 5.19. The summed E-state index contributed by atoms with van der Waals surface area (Å²) < 4.78 is 0. The third kappa shape index (κ3) is 3.07. The first kappa shape index (κ1) is 14.3. The van der Waals surface area contributed by atoms with Crippen molar-refractivity contribution < 1.29 is 0 Å². The first-order chi connectivity index (χ1) is 9.63. The molecule has 4 heteroatoms. The Labute approximate surface area is 120 Å². The molecule has 2 rings (SSSR count). The average Bonchev–Trinajstić information content (AvgIpc) is 2.45. The minimum absolute atomic E-state index is 0.225. The van der Waals surface area contributed by atoms with E-state index in [2.05, 4.69) is 60.3 Å². The Kier molecular flexibility index (Phi) is 4.56. The van der Waals surface area contributed by atoms with E-state index in [0.717, 1.165) is 17.8 Å². The molecule has 0 spiro atoms. The van der Waals surface area contributed by atoms with Crippen molar-refractivity contribution in [3.63, 3.8) is 0 Å². The molecule has 1 unspecified atom stereocenters. The minimum atomic E-state index is 0.225. The number of hydrogen-bond donors (Lipinski definition) is 2. The van der Waals surface area contributed by atoms with Crippen LogP contribution in [0.4, 0.5) is 11.6 Å². The fourth-order valence-corrected chi connectivity index (χ4v) is 2.36. The highest BCUT2D eigenvalue weighted by molar-refractivity contribution is 5.57. The lowest BCUT2D eigenvalue weighted by atomic mass is 10.0. The molecule has 0 aliphatic rings. The lowest BCUT2D eigenvalue weighted by molar-refractivity contribution is 0.735. The molecule has 20 heavy (non-hydrogen) atoms. The van der Waals surface area contributed by atoms with E-state index in [0.29, 0.717) is 5.82 Å². The maximum absolute atomic E-state index is 5.99. The van der Waals surface area contributed by atoms with Gasteiger partial charge in [-0.15, -0.1) is 0 Å². The smallest absolute Gasteiger partial charge is 0.135 e. The third-order valence-electron chi connectivity index (χ3n) is 3.41. The summed E-state index contributed by atoms with van der Waals surface area (Å²) in [7, 11) is 0. The van der Waals surface area contributed by atoms with Crippen LogP contribution in [-0.2, 0) is 0 Å². The maximum Gasteiger partial charge on any atom is 0.135 e. The highest BCUT2D eigenvalue weighted by atomic mass is 15.1. The molecule has 0 radical (unpaired) electrons. The molecule has 106 valence electrons. The first-order valence-corrected chi connectivity index (χ1v) is 7.05. The Hall–Kier alpha value is -2.10. The fourth-order valence-electron chi connectivity index (χ4n) is 2.36. The molecular weight excluding hydrogens is 248 g/mol. The summed E-state index contributed by atoms with van der Waals surface area (Å²) in [4.78, 5) is 8.47. The van der Waals surface area contributed by atoms with E-state index in [-0.39, 0.29) is 12.0 Å². The van der Waals surface area contributed by atoms with Crippen LogP contribution in [-0.4, -0.2) is 9.97 Å². The molecule has 2 aromatic rings. The zero-order chi connectivity index (χ0) is 14.5. The zero-order valence-corrected chi connectivity index (χ0v) is 12.3. The first-order valence-electron chi connectivity index (χ1n) is 7.05. The molecule has 3 N–H and O–H groups in total. The summed E-state index contributed by atoms with van der Waals surface area (Å²) in [5, 5.41) is 3.50. The Morgan fingerprint density at radius 3 is 2.45 bits per heavy atom. The number of aromatic nitrogens is 2. The van der Waals surface area contributed by atoms with E-state index < -0.39 is 0 Å². The fraction of sp³-hybridized carbons (Fsp3) is 0.375. The molecule has 1 aromatic heterocycles. The Morgan fingerprint density at radius 1 is 1.15 bits per heavy atom. The van der Waals surface area contributed by atoms with Gasteiger partial charge in [-0.3, -0.25) is 0 Å². The molecule has 4 nitrogen and oxygen atoms in total. The lowest BCUT2D eigenvalue weighted by Gasteiger charge is -2.21. The van der Waals surface area contributed by atoms with Crippen LogP contribution in [0, 0.1) is 0 Å². The summed E-state index contributed by atoms with van der Waals surface area (Å²) in [6.07, 6.45) is 2.49. The van der Waals surface area contributed by atoms with Crippen LogP contribution in [0.25, 0.3) is 0 Å². The molecule has 0 aliphatic carbocycles. The van der Waals surface area contributed by atoms with Gasteiger partial charge in [0, 0.05) is 5.56 Å². The van der Waals surface area contributed by atoms with Gasteiger partial charge in [-0.1, -0.05) is 51.1 Å². The lowest BCUT2D eigenvalue weighted by Crippen LogP contribution is -2.14. The standard InChI is InChI=1S/C16H22N4/c1-4-13(12-8-6-5-7-9-12)20-16-14(11(2)3)15(17)18-10-19-16/h5-11,13H,4H2,1-3H3,(H3,17,18,19,20). The molecule has 0 aliphatic heterocycles. The van der Waals surface area contributed by atoms with Crippen LogP contribution >= 0.6 is 0 Å². The van der Waals surface area contributed by atoms with Crippen molar-refractivity contribution in [1.29, 1.82) is 0 Å². The van der Waals surface area contributed by atoms with Crippen molar-refractivity contribution >= 4 is 11.6 Å². The zero-order valence-electron chi connectivity index (χ0n) is 12.3. The third-order valence-corrected chi connectivity index (χ3v) is 3.41. The van der Waals surface area contributed by atoms with Crippen LogP contribution < -0.4 is 11.1 Å². The summed E-state index contributed by atoms with van der Waals surface area (Å²) >= 11 is 0. The summed E-state index contributed by atoms with van der Waals surface area (Å²) in [5.41, 5.74) is 8.23. The van der Waals surface area contributed by atoms with Gasteiger partial charge in [-0.05, 0) is 17.9 Å². The molecule has 1 aromatic carbocycles. The summed E-state index contributed by atoms with van der Waals surface area (Å²) in [6.45, 7) is 6.36. The Balaban J connectivity index is 2.31. The monoisotopic (exact) mass is 270 g/mol. The molecule has 0 saturated heterocycles. The second-order valence-electron chi connectivity index (χ2n) is 5.19. The predicted molar refractivity (Wildman–Crippen MR) is 83.6 cm³/mol. The SMILES string of the molecule is CCC(Nc1ncnc(N)c1C(C)C)c1ccccc1. The number of anilines is 2. The summed E-state index contributed by atoms with van der Waals surface area (Å²) in [6, 6.07) is 10.6. The number of nitrogens with zero attached hydrogens (tertiary/aromatic N) is 2. The van der Waals surface area contributed by atoms with Crippen molar-refractivity contribution in [3.05, 3.63) is 47.8 Å². The van der Waals surface area contributed by atoms with Crippen molar-refractivity contribution in [1.82, 2.24) is 9.97 Å². The Bertz CT molecular complexity index is 552. The van der Waals surface area contributed by atoms with E-state index in [9.17, 15) is 0 Å². The van der Waals surface area contributed by atoms with Crippen LogP contribution in [0.2, 0.25) is 0 Å². The van der Waals surface area contributed by atoms with Gasteiger partial charge in [0.2, 0.25) is 0 Å². The van der Waals surface area contributed by atoms with E-state index in [1.165, 1.54) is 11.9 Å². The largest absolute Gasteiger partial charge is 0.383 e. The average molecular weight is 270 g/mol. The van der Waals surface area contributed by atoms with Gasteiger partial charge in [0.15, 0.2) is 0 Å². The molecule has 1 heterocycles. The van der Waals surface area contributed by atoms with E-state index in [1.807, 2.05) is 6.07 Å². The van der Waals surface area contributed by atoms with Gasteiger partial charge >= 0.3 is 0 Å². The van der Waals surface area contributed by atoms with Crippen LogP contribution in [0.3, 0.4) is 0 Å². The molecule has 0 fully saturated rings. The van der Waals surface area contributed by atoms with E-state index >= 15 is 0 Å². The van der Waals surface area contributed by atoms with Gasteiger partial charge in [-0.2, -0.15) is 0 Å². The molecule has 0 saturated carbocycles. The Morgan fingerprint density at radius 2 is 1.85 bits per heavy atom. The van der Waals surface area contributed by atoms with E-state index in [4.69, 9.17) is 5.73 Å². The van der Waals surface area contributed by atoms with Gasteiger partial charge in [-0.25, -0.2) is 9.97 Å². The van der Waals surface area contributed by atoms with Crippen molar-refractivity contribution in [3.8, 4) is 0 Å². The van der Waals surface area contributed by atoms with E-state index in [1.54, 1.807) is 0 Å². The highest BCUT2D eigenvalue weighted by Crippen LogP contribution is 2.30. The van der Waals surface area contributed by atoms with Crippen molar-refractivity contribution in [2.45, 2.75) is 39.2 Å². The molecular formula is C16H22N4. The number of nitrogen functional groups attached to an aromatic ring is 1. The number of rotatable bonds is 5. The maximum atomic E-state index is 5.99. The minimum Gasteiger partial charge on any atom is -0.383 e. The normalized spacial score (nSPS) is 12.4. The molecule has 0 bridgehead atoms. The van der Waals surface area contributed by atoms with Crippen LogP contribution in [0.5, 0.6) is 0 Å². The number of benzene rings is 1. The quantitative estimate of drug-likeness (QED) is 0.868. The molecule has 1 atom stereocenters. The number of hydrogen-bond acceptors (Lipinski definition) is 4.